The Morgan fingerprint density at radius 1 is 1.20 bits per heavy atom. The second kappa shape index (κ2) is 5.74. The molecule has 4 nitrogen and oxygen atoms in total. The molecule has 0 aliphatic rings. The summed E-state index contributed by atoms with van der Waals surface area (Å²) < 4.78 is 4.98. The summed E-state index contributed by atoms with van der Waals surface area (Å²) in [5.41, 5.74) is 1.63. The first-order chi connectivity index (χ1) is 9.49. The van der Waals surface area contributed by atoms with Crippen molar-refractivity contribution in [2.45, 2.75) is 26.8 Å². The fraction of sp³-hybridized carbons (Fsp3) is 0.250. The molecule has 0 radical (unpaired) electrons. The van der Waals surface area contributed by atoms with Crippen molar-refractivity contribution in [3.05, 3.63) is 69.3 Å². The highest BCUT2D eigenvalue weighted by Crippen LogP contribution is 2.15. The monoisotopic (exact) mass is 271 g/mol. The van der Waals surface area contributed by atoms with Crippen LogP contribution in [0.4, 0.5) is 0 Å². The van der Waals surface area contributed by atoms with E-state index in [4.69, 9.17) is 4.42 Å². The molecular weight excluding hydrogens is 254 g/mol. The molecule has 1 amide bonds. The summed E-state index contributed by atoms with van der Waals surface area (Å²) in [7, 11) is 0. The summed E-state index contributed by atoms with van der Waals surface area (Å²) in [6, 6.07) is 10.9. The minimum Gasteiger partial charge on any atom is -0.427 e. The lowest BCUT2D eigenvalue weighted by Crippen LogP contribution is -2.28. The molecule has 0 saturated carbocycles. The molecule has 20 heavy (non-hydrogen) atoms. The summed E-state index contributed by atoms with van der Waals surface area (Å²) in [4.78, 5) is 23.5. The number of carbonyl (C=O) groups is 1. The first-order valence-corrected chi connectivity index (χ1v) is 6.46. The molecule has 0 aliphatic heterocycles. The minimum absolute atomic E-state index is 0.116. The lowest BCUT2D eigenvalue weighted by molar-refractivity contribution is 0.0935. The van der Waals surface area contributed by atoms with Gasteiger partial charge in [-0.05, 0) is 31.9 Å². The van der Waals surface area contributed by atoms with E-state index in [2.05, 4.69) is 5.32 Å². The summed E-state index contributed by atoms with van der Waals surface area (Å²) in [5, 5.41) is 2.91. The van der Waals surface area contributed by atoms with E-state index in [9.17, 15) is 9.59 Å². The number of nitrogens with one attached hydrogen (secondary N) is 1. The highest BCUT2D eigenvalue weighted by atomic mass is 16.4. The van der Waals surface area contributed by atoms with E-state index >= 15 is 0 Å². The Kier molecular flexibility index (Phi) is 4.03. The van der Waals surface area contributed by atoms with Crippen molar-refractivity contribution in [3.8, 4) is 0 Å². The third-order valence-corrected chi connectivity index (χ3v) is 3.21. The second-order valence-corrected chi connectivity index (χ2v) is 4.79. The highest BCUT2D eigenvalue weighted by Gasteiger charge is 2.17. The van der Waals surface area contributed by atoms with Gasteiger partial charge in [-0.2, -0.15) is 0 Å². The van der Waals surface area contributed by atoms with E-state index in [1.807, 2.05) is 37.3 Å². The van der Waals surface area contributed by atoms with Gasteiger partial charge in [-0.15, -0.1) is 0 Å². The van der Waals surface area contributed by atoms with Crippen LogP contribution in [-0.2, 0) is 0 Å². The van der Waals surface area contributed by atoms with Crippen LogP contribution in [0.5, 0.6) is 0 Å². The number of benzene rings is 1. The normalized spacial score (nSPS) is 11.9. The predicted molar refractivity (Wildman–Crippen MR) is 76.8 cm³/mol. The largest absolute Gasteiger partial charge is 0.427 e. The Hall–Kier alpha value is -2.36. The standard InChI is InChI=1S/C16H17NO3/c1-10-9-14(18)20-12(3)15(10)16(19)17-11(2)13-7-5-4-6-8-13/h4-9,11H,1-3H3,(H,17,19). The Bertz CT molecular complexity index is 648. The van der Waals surface area contributed by atoms with E-state index in [0.717, 1.165) is 5.56 Å². The van der Waals surface area contributed by atoms with Gasteiger partial charge in [0.2, 0.25) is 0 Å². The lowest BCUT2D eigenvalue weighted by Gasteiger charge is -2.15. The maximum Gasteiger partial charge on any atom is 0.336 e. The zero-order valence-corrected chi connectivity index (χ0v) is 11.8. The molecule has 0 bridgehead atoms. The number of carbonyl (C=O) groups excluding carboxylic acids is 1. The van der Waals surface area contributed by atoms with Gasteiger partial charge in [0.05, 0.1) is 11.6 Å². The van der Waals surface area contributed by atoms with Gasteiger partial charge in [0.25, 0.3) is 5.91 Å². The number of aryl methyl sites for hydroxylation is 2. The van der Waals surface area contributed by atoms with Crippen molar-refractivity contribution in [2.75, 3.05) is 0 Å². The highest BCUT2D eigenvalue weighted by molar-refractivity contribution is 5.96. The molecule has 0 spiro atoms. The zero-order chi connectivity index (χ0) is 14.7. The molecule has 1 N–H and O–H groups in total. The molecule has 0 aliphatic carbocycles. The van der Waals surface area contributed by atoms with Crippen molar-refractivity contribution in [1.29, 1.82) is 0 Å². The first kappa shape index (κ1) is 14.1. The van der Waals surface area contributed by atoms with Crippen molar-refractivity contribution in [1.82, 2.24) is 5.32 Å². The third kappa shape index (κ3) is 2.96. The van der Waals surface area contributed by atoms with Gasteiger partial charge in [0.15, 0.2) is 0 Å². The number of amides is 1. The minimum atomic E-state index is -0.437. The van der Waals surface area contributed by atoms with E-state index in [0.29, 0.717) is 16.9 Å². The molecule has 2 rings (SSSR count). The van der Waals surface area contributed by atoms with Crippen LogP contribution < -0.4 is 10.9 Å². The quantitative estimate of drug-likeness (QED) is 0.933. The van der Waals surface area contributed by atoms with Crippen LogP contribution >= 0.6 is 0 Å². The molecule has 2 aromatic rings. The Morgan fingerprint density at radius 3 is 2.45 bits per heavy atom. The van der Waals surface area contributed by atoms with Crippen molar-refractivity contribution in [3.63, 3.8) is 0 Å². The molecule has 1 atom stereocenters. The van der Waals surface area contributed by atoms with E-state index in [1.54, 1.807) is 13.8 Å². The molecule has 1 aromatic carbocycles. The lowest BCUT2D eigenvalue weighted by atomic mass is 10.1. The van der Waals surface area contributed by atoms with Gasteiger partial charge in [-0.3, -0.25) is 4.79 Å². The smallest absolute Gasteiger partial charge is 0.336 e. The average molecular weight is 271 g/mol. The van der Waals surface area contributed by atoms with Crippen LogP contribution in [0, 0.1) is 13.8 Å². The third-order valence-electron chi connectivity index (χ3n) is 3.21. The van der Waals surface area contributed by atoms with Crippen LogP contribution in [0.1, 0.15) is 40.2 Å². The van der Waals surface area contributed by atoms with Crippen molar-refractivity contribution >= 4 is 5.91 Å². The van der Waals surface area contributed by atoms with Crippen LogP contribution in [0.3, 0.4) is 0 Å². The van der Waals surface area contributed by atoms with Crippen LogP contribution in [0.15, 0.2) is 45.6 Å². The molecule has 0 fully saturated rings. The maximum atomic E-state index is 12.3. The van der Waals surface area contributed by atoms with Gasteiger partial charge in [0, 0.05) is 6.07 Å². The summed E-state index contributed by atoms with van der Waals surface area (Å²) >= 11 is 0. The van der Waals surface area contributed by atoms with Gasteiger partial charge < -0.3 is 9.73 Å². The maximum absolute atomic E-state index is 12.3. The van der Waals surface area contributed by atoms with Gasteiger partial charge in [-0.1, -0.05) is 30.3 Å². The molecule has 0 saturated heterocycles. The summed E-state index contributed by atoms with van der Waals surface area (Å²) in [6.07, 6.45) is 0. The average Bonchev–Trinajstić information content (AvgIpc) is 2.38. The number of rotatable bonds is 3. The SMILES string of the molecule is Cc1cc(=O)oc(C)c1C(=O)NC(C)c1ccccc1. The summed E-state index contributed by atoms with van der Waals surface area (Å²) in [6.45, 7) is 5.26. The Morgan fingerprint density at radius 2 is 1.85 bits per heavy atom. The molecule has 1 unspecified atom stereocenters. The summed E-state index contributed by atoms with van der Waals surface area (Å²) in [5.74, 6) is 0.105. The van der Waals surface area contributed by atoms with E-state index < -0.39 is 5.63 Å². The fourth-order valence-electron chi connectivity index (χ4n) is 2.19. The molecule has 104 valence electrons. The fourth-order valence-corrected chi connectivity index (χ4v) is 2.19. The molecule has 1 heterocycles. The molecule has 1 aromatic heterocycles. The molecule has 4 heteroatoms. The second-order valence-electron chi connectivity index (χ2n) is 4.79. The predicted octanol–water partition coefficient (Wildman–Crippen LogP) is 2.75. The molecular formula is C16H17NO3. The van der Waals surface area contributed by atoms with E-state index in [-0.39, 0.29) is 11.9 Å². The van der Waals surface area contributed by atoms with Crippen LogP contribution in [-0.4, -0.2) is 5.91 Å². The number of hydrogen-bond acceptors (Lipinski definition) is 3. The van der Waals surface area contributed by atoms with E-state index in [1.165, 1.54) is 6.07 Å². The van der Waals surface area contributed by atoms with Crippen molar-refractivity contribution in [2.24, 2.45) is 0 Å². The van der Waals surface area contributed by atoms with Gasteiger partial charge in [-0.25, -0.2) is 4.79 Å². The Balaban J connectivity index is 2.23. The zero-order valence-electron chi connectivity index (χ0n) is 11.8. The topological polar surface area (TPSA) is 59.3 Å². The van der Waals surface area contributed by atoms with Crippen LogP contribution in [0.25, 0.3) is 0 Å². The van der Waals surface area contributed by atoms with Crippen LogP contribution in [0.2, 0.25) is 0 Å². The number of hydrogen-bond donors (Lipinski definition) is 1. The van der Waals surface area contributed by atoms with Crippen molar-refractivity contribution < 1.29 is 9.21 Å². The van der Waals surface area contributed by atoms with Gasteiger partial charge >= 0.3 is 5.63 Å². The Labute approximate surface area is 117 Å². The van der Waals surface area contributed by atoms with Gasteiger partial charge in [0.1, 0.15) is 5.76 Å². The first-order valence-electron chi connectivity index (χ1n) is 6.46.